The van der Waals surface area contributed by atoms with Crippen molar-refractivity contribution in [3.05, 3.63) is 29.8 Å². The number of methoxy groups -OCH3 is 1. The van der Waals surface area contributed by atoms with Crippen LogP contribution in [0.5, 0.6) is 5.75 Å². The van der Waals surface area contributed by atoms with Gasteiger partial charge in [-0.15, -0.1) is 0 Å². The van der Waals surface area contributed by atoms with Crippen molar-refractivity contribution in [1.82, 2.24) is 10.6 Å². The van der Waals surface area contributed by atoms with Crippen molar-refractivity contribution in [2.24, 2.45) is 4.99 Å². The lowest BCUT2D eigenvalue weighted by molar-refractivity contribution is 0.235. The Morgan fingerprint density at radius 3 is 2.80 bits per heavy atom. The van der Waals surface area contributed by atoms with Gasteiger partial charge in [0.15, 0.2) is 5.96 Å². The number of para-hydroxylation sites is 1. The minimum Gasteiger partial charge on any atom is -0.496 e. The first kappa shape index (κ1) is 13.3. The summed E-state index contributed by atoms with van der Waals surface area (Å²) in [6, 6.07) is 8.84. The molecule has 1 saturated carbocycles. The molecule has 4 nitrogen and oxygen atoms in total. The summed E-state index contributed by atoms with van der Waals surface area (Å²) in [7, 11) is 1.75. The van der Waals surface area contributed by atoms with E-state index in [1.165, 1.54) is 24.8 Å². The summed E-state index contributed by atoms with van der Waals surface area (Å²) in [5.74, 6) is 1.95. The fraction of sp³-hybridized carbons (Fsp3) is 0.562. The maximum absolute atomic E-state index is 5.54. The third kappa shape index (κ3) is 2.35. The number of hydrogen-bond acceptors (Lipinski definition) is 4. The summed E-state index contributed by atoms with van der Waals surface area (Å²) in [5.41, 5.74) is 1.52. The molecular weight excluding hydrogens is 250 g/mol. The fourth-order valence-corrected chi connectivity index (χ4v) is 3.14. The minimum atomic E-state index is 0.197. The van der Waals surface area contributed by atoms with Gasteiger partial charge in [0.25, 0.3) is 0 Å². The number of nitrogens with one attached hydrogen (secondary N) is 2. The Balaban J connectivity index is 1.74. The van der Waals surface area contributed by atoms with Crippen LogP contribution in [0.4, 0.5) is 0 Å². The van der Waals surface area contributed by atoms with Gasteiger partial charge in [-0.25, -0.2) is 0 Å². The molecule has 0 bridgehead atoms. The molecule has 1 aromatic rings. The number of hydrogen-bond donors (Lipinski definition) is 2. The van der Waals surface area contributed by atoms with Crippen molar-refractivity contribution in [3.8, 4) is 5.75 Å². The van der Waals surface area contributed by atoms with Crippen LogP contribution < -0.4 is 15.4 Å². The summed E-state index contributed by atoms with van der Waals surface area (Å²) < 4.78 is 5.54. The molecule has 1 aliphatic carbocycles. The summed E-state index contributed by atoms with van der Waals surface area (Å²) in [5, 5.41) is 6.85. The van der Waals surface area contributed by atoms with Crippen molar-refractivity contribution in [2.45, 2.75) is 37.6 Å². The van der Waals surface area contributed by atoms with E-state index in [9.17, 15) is 0 Å². The highest BCUT2D eigenvalue weighted by atomic mass is 16.5. The number of nitrogens with zero attached hydrogens (tertiary/aromatic N) is 1. The van der Waals surface area contributed by atoms with E-state index in [2.05, 4.69) is 40.7 Å². The number of aliphatic imine (C=N–C) groups is 1. The Morgan fingerprint density at radius 1 is 1.40 bits per heavy atom. The van der Waals surface area contributed by atoms with E-state index in [1.807, 2.05) is 6.07 Å². The van der Waals surface area contributed by atoms with Crippen molar-refractivity contribution >= 4 is 5.96 Å². The van der Waals surface area contributed by atoms with Gasteiger partial charge in [0.05, 0.1) is 13.7 Å². The van der Waals surface area contributed by atoms with E-state index in [4.69, 9.17) is 4.74 Å². The van der Waals surface area contributed by atoms with Crippen LogP contribution >= 0.6 is 0 Å². The monoisotopic (exact) mass is 273 g/mol. The molecule has 0 spiro atoms. The molecule has 1 aliphatic heterocycles. The average Bonchev–Trinajstić information content (AvgIpc) is 2.84. The molecule has 2 aliphatic rings. The Kier molecular flexibility index (Phi) is 3.55. The predicted octanol–water partition coefficient (Wildman–Crippen LogP) is 2.05. The predicted molar refractivity (Wildman–Crippen MR) is 81.4 cm³/mol. The highest BCUT2D eigenvalue weighted by Crippen LogP contribution is 2.46. The first-order valence-corrected chi connectivity index (χ1v) is 7.42. The van der Waals surface area contributed by atoms with Crippen LogP contribution in [-0.2, 0) is 5.41 Å². The van der Waals surface area contributed by atoms with Crippen molar-refractivity contribution < 1.29 is 4.74 Å². The molecule has 20 heavy (non-hydrogen) atoms. The molecule has 1 fully saturated rings. The van der Waals surface area contributed by atoms with Crippen molar-refractivity contribution in [3.63, 3.8) is 0 Å². The SMILES string of the molecule is COc1ccccc1C1(CNC2=NCC(C)N2)CCC1. The van der Waals surface area contributed by atoms with Gasteiger partial charge in [-0.2, -0.15) is 0 Å². The van der Waals surface area contributed by atoms with Gasteiger partial charge in [-0.05, 0) is 25.8 Å². The zero-order valence-corrected chi connectivity index (χ0v) is 12.3. The van der Waals surface area contributed by atoms with Crippen LogP contribution in [0.3, 0.4) is 0 Å². The first-order valence-electron chi connectivity index (χ1n) is 7.42. The van der Waals surface area contributed by atoms with E-state index >= 15 is 0 Å². The lowest BCUT2D eigenvalue weighted by atomic mass is 9.64. The first-order chi connectivity index (χ1) is 9.73. The zero-order chi connectivity index (χ0) is 14.0. The third-order valence-electron chi connectivity index (χ3n) is 4.49. The molecule has 3 rings (SSSR count). The second-order valence-electron chi connectivity index (χ2n) is 5.92. The molecule has 0 saturated heterocycles. The maximum atomic E-state index is 5.54. The van der Waals surface area contributed by atoms with Crippen LogP contribution in [-0.4, -0.2) is 32.2 Å². The van der Waals surface area contributed by atoms with Crippen molar-refractivity contribution in [2.75, 3.05) is 20.2 Å². The maximum Gasteiger partial charge on any atom is 0.191 e. The molecule has 1 unspecified atom stereocenters. The Bertz CT molecular complexity index is 508. The van der Waals surface area contributed by atoms with Crippen LogP contribution in [0.2, 0.25) is 0 Å². The molecule has 0 amide bonds. The molecule has 1 aromatic carbocycles. The molecule has 1 heterocycles. The van der Waals surface area contributed by atoms with Gasteiger partial charge in [0.2, 0.25) is 0 Å². The second-order valence-corrected chi connectivity index (χ2v) is 5.92. The van der Waals surface area contributed by atoms with Gasteiger partial charge in [0.1, 0.15) is 5.75 Å². The van der Waals surface area contributed by atoms with Crippen LogP contribution in [0, 0.1) is 0 Å². The Hall–Kier alpha value is -1.71. The van der Waals surface area contributed by atoms with Gasteiger partial charge < -0.3 is 15.4 Å². The van der Waals surface area contributed by atoms with E-state index in [0.717, 1.165) is 24.8 Å². The molecule has 4 heteroatoms. The van der Waals surface area contributed by atoms with Crippen LogP contribution in [0.25, 0.3) is 0 Å². The van der Waals surface area contributed by atoms with Crippen LogP contribution in [0.15, 0.2) is 29.3 Å². The largest absolute Gasteiger partial charge is 0.496 e. The standard InChI is InChI=1S/C16H23N3O/c1-12-10-17-15(19-12)18-11-16(8-5-9-16)13-6-3-4-7-14(13)20-2/h3-4,6-7,12H,5,8-11H2,1-2H3,(H2,17,18,19). The molecule has 0 aromatic heterocycles. The number of rotatable bonds is 4. The molecule has 1 atom stereocenters. The Morgan fingerprint density at radius 2 is 2.20 bits per heavy atom. The summed E-state index contributed by atoms with van der Waals surface area (Å²) in [6.45, 7) is 3.94. The molecule has 2 N–H and O–H groups in total. The zero-order valence-electron chi connectivity index (χ0n) is 12.3. The highest BCUT2D eigenvalue weighted by molar-refractivity contribution is 5.81. The third-order valence-corrected chi connectivity index (χ3v) is 4.49. The number of guanidine groups is 1. The van der Waals surface area contributed by atoms with E-state index in [-0.39, 0.29) is 5.41 Å². The van der Waals surface area contributed by atoms with E-state index < -0.39 is 0 Å². The van der Waals surface area contributed by atoms with Crippen molar-refractivity contribution in [1.29, 1.82) is 0 Å². The van der Waals surface area contributed by atoms with Gasteiger partial charge >= 0.3 is 0 Å². The smallest absolute Gasteiger partial charge is 0.191 e. The molecular formula is C16H23N3O. The quantitative estimate of drug-likeness (QED) is 0.882. The summed E-state index contributed by atoms with van der Waals surface area (Å²) in [6.07, 6.45) is 3.71. The van der Waals surface area contributed by atoms with Gasteiger partial charge in [-0.3, -0.25) is 4.99 Å². The highest BCUT2D eigenvalue weighted by Gasteiger charge is 2.40. The van der Waals surface area contributed by atoms with E-state index in [0.29, 0.717) is 6.04 Å². The number of benzene rings is 1. The fourth-order valence-electron chi connectivity index (χ4n) is 3.14. The topological polar surface area (TPSA) is 45.6 Å². The minimum absolute atomic E-state index is 0.197. The lowest BCUT2D eigenvalue weighted by Crippen LogP contribution is -2.48. The van der Waals surface area contributed by atoms with Crippen LogP contribution in [0.1, 0.15) is 31.7 Å². The van der Waals surface area contributed by atoms with Gasteiger partial charge in [0, 0.05) is 23.6 Å². The second kappa shape index (κ2) is 5.35. The summed E-state index contributed by atoms with van der Waals surface area (Å²) >= 11 is 0. The summed E-state index contributed by atoms with van der Waals surface area (Å²) in [4.78, 5) is 4.48. The van der Waals surface area contributed by atoms with Gasteiger partial charge in [-0.1, -0.05) is 24.6 Å². The Labute approximate surface area is 120 Å². The molecule has 108 valence electrons. The molecule has 0 radical (unpaired) electrons. The number of ether oxygens (including phenoxy) is 1. The lowest BCUT2D eigenvalue weighted by Gasteiger charge is -2.43. The average molecular weight is 273 g/mol. The normalized spacial score (nSPS) is 23.5. The van der Waals surface area contributed by atoms with E-state index in [1.54, 1.807) is 7.11 Å².